The molecule has 0 fully saturated rings. The van der Waals surface area contributed by atoms with Gasteiger partial charge in [-0.05, 0) is 29.2 Å². The fraction of sp³-hybridized carbons (Fsp3) is 0.176. The number of carbonyl (C=O) groups excluding carboxylic acids is 2. The van der Waals surface area contributed by atoms with Gasteiger partial charge in [0.25, 0.3) is 5.91 Å². The Morgan fingerprint density at radius 2 is 1.71 bits per heavy atom. The minimum Gasteiger partial charge on any atom is -0.333 e. The number of hydrogen-bond acceptors (Lipinski definition) is 3. The van der Waals surface area contributed by atoms with E-state index in [2.05, 4.69) is 6.07 Å². The van der Waals surface area contributed by atoms with Gasteiger partial charge < -0.3 is 4.84 Å². The summed E-state index contributed by atoms with van der Waals surface area (Å²) in [6.07, 6.45) is 0.825. The van der Waals surface area contributed by atoms with Crippen molar-refractivity contribution in [3.05, 3.63) is 53.6 Å². The zero-order valence-electron chi connectivity index (χ0n) is 11.9. The zero-order valence-corrected chi connectivity index (χ0v) is 11.9. The Labute approximate surface area is 122 Å². The van der Waals surface area contributed by atoms with Gasteiger partial charge in [-0.3, -0.25) is 4.79 Å². The quantitative estimate of drug-likeness (QED) is 0.644. The van der Waals surface area contributed by atoms with Crippen molar-refractivity contribution in [2.45, 2.75) is 20.3 Å². The Kier molecular flexibility index (Phi) is 3.22. The molecule has 0 bridgehead atoms. The third-order valence-electron chi connectivity index (χ3n) is 3.52. The van der Waals surface area contributed by atoms with Crippen LogP contribution in [0.1, 0.15) is 25.0 Å². The highest BCUT2D eigenvalue weighted by Gasteiger charge is 2.26. The van der Waals surface area contributed by atoms with Crippen molar-refractivity contribution in [2.75, 3.05) is 5.06 Å². The molecule has 1 aliphatic rings. The number of benzene rings is 2. The standard InChI is InChI=1S/C17H15NO3/c1-11(19)18(21-12(2)20)16-9-5-7-14-10-13-6-3-4-8-15(13)17(14)16/h3-9H,10H2,1-2H3. The molecule has 3 rings (SSSR count). The molecule has 0 unspecified atom stereocenters. The van der Waals surface area contributed by atoms with E-state index in [1.807, 2.05) is 30.3 Å². The molecule has 0 heterocycles. The molecule has 0 radical (unpaired) electrons. The van der Waals surface area contributed by atoms with E-state index in [0.717, 1.165) is 28.2 Å². The number of nitrogens with zero attached hydrogens (tertiary/aromatic N) is 1. The summed E-state index contributed by atoms with van der Waals surface area (Å²) < 4.78 is 0. The Morgan fingerprint density at radius 1 is 1.00 bits per heavy atom. The number of carbonyl (C=O) groups is 2. The number of hydrogen-bond donors (Lipinski definition) is 0. The molecule has 0 aliphatic heterocycles. The first-order valence-corrected chi connectivity index (χ1v) is 6.77. The van der Waals surface area contributed by atoms with Crippen LogP contribution >= 0.6 is 0 Å². The summed E-state index contributed by atoms with van der Waals surface area (Å²) in [7, 11) is 0. The lowest BCUT2D eigenvalue weighted by atomic mass is 10.0. The Bertz CT molecular complexity index is 737. The largest absolute Gasteiger partial charge is 0.333 e. The average molecular weight is 281 g/mol. The van der Waals surface area contributed by atoms with Crippen LogP contribution in [0.3, 0.4) is 0 Å². The SMILES string of the molecule is CC(=O)ON(C(C)=O)c1cccc2c1-c1ccccc1C2. The molecular weight excluding hydrogens is 266 g/mol. The second-order valence-corrected chi connectivity index (χ2v) is 5.04. The Hall–Kier alpha value is -2.62. The van der Waals surface area contributed by atoms with Crippen molar-refractivity contribution in [3.8, 4) is 11.1 Å². The van der Waals surface area contributed by atoms with E-state index in [1.165, 1.54) is 19.4 Å². The number of fused-ring (bicyclic) bond motifs is 3. The van der Waals surface area contributed by atoms with E-state index in [1.54, 1.807) is 6.07 Å². The van der Waals surface area contributed by atoms with Gasteiger partial charge >= 0.3 is 5.97 Å². The van der Waals surface area contributed by atoms with E-state index in [0.29, 0.717) is 5.69 Å². The van der Waals surface area contributed by atoms with Crippen molar-refractivity contribution in [1.29, 1.82) is 0 Å². The summed E-state index contributed by atoms with van der Waals surface area (Å²) in [5.74, 6) is -0.850. The van der Waals surface area contributed by atoms with Crippen LogP contribution in [0.2, 0.25) is 0 Å². The second kappa shape index (κ2) is 5.05. The molecule has 4 nitrogen and oxygen atoms in total. The van der Waals surface area contributed by atoms with Gasteiger partial charge in [-0.25, -0.2) is 4.79 Å². The summed E-state index contributed by atoms with van der Waals surface area (Å²) in [5.41, 5.74) is 5.00. The van der Waals surface area contributed by atoms with Gasteiger partial charge in [0.05, 0.1) is 5.69 Å². The highest BCUT2D eigenvalue weighted by Crippen LogP contribution is 2.42. The molecule has 0 N–H and O–H groups in total. The molecule has 0 atom stereocenters. The minimum absolute atomic E-state index is 0.331. The smallest absolute Gasteiger partial charge is 0.330 e. The van der Waals surface area contributed by atoms with E-state index in [9.17, 15) is 9.59 Å². The van der Waals surface area contributed by atoms with Gasteiger partial charge in [0.2, 0.25) is 0 Å². The molecule has 0 saturated carbocycles. The van der Waals surface area contributed by atoms with Crippen LogP contribution < -0.4 is 5.06 Å². The summed E-state index contributed by atoms with van der Waals surface area (Å²) in [5, 5.41) is 1.07. The van der Waals surface area contributed by atoms with Crippen molar-refractivity contribution >= 4 is 17.6 Å². The van der Waals surface area contributed by atoms with Crippen molar-refractivity contribution in [3.63, 3.8) is 0 Å². The first-order valence-electron chi connectivity index (χ1n) is 6.77. The molecule has 4 heteroatoms. The topological polar surface area (TPSA) is 46.6 Å². The van der Waals surface area contributed by atoms with Gasteiger partial charge in [-0.1, -0.05) is 36.4 Å². The molecule has 2 aromatic rings. The maximum absolute atomic E-state index is 11.8. The maximum Gasteiger partial charge on any atom is 0.330 e. The fourth-order valence-corrected chi connectivity index (χ4v) is 2.75. The summed E-state index contributed by atoms with van der Waals surface area (Å²) in [6, 6.07) is 13.8. The molecule has 1 aliphatic carbocycles. The van der Waals surface area contributed by atoms with Crippen LogP contribution in [0.5, 0.6) is 0 Å². The lowest BCUT2D eigenvalue weighted by molar-refractivity contribution is -0.147. The molecule has 0 spiro atoms. The zero-order chi connectivity index (χ0) is 15.0. The number of rotatable bonds is 1. The first-order chi connectivity index (χ1) is 10.1. The van der Waals surface area contributed by atoms with Crippen LogP contribution in [-0.2, 0) is 20.8 Å². The molecule has 0 saturated heterocycles. The van der Waals surface area contributed by atoms with Crippen LogP contribution in [0.4, 0.5) is 5.69 Å². The first kappa shape index (κ1) is 13.4. The normalized spacial score (nSPS) is 11.5. The third kappa shape index (κ3) is 2.29. The maximum atomic E-state index is 11.8. The van der Waals surface area contributed by atoms with Gasteiger partial charge in [-0.15, -0.1) is 5.06 Å². The third-order valence-corrected chi connectivity index (χ3v) is 3.52. The van der Waals surface area contributed by atoms with Crippen LogP contribution in [0, 0.1) is 0 Å². The molecular formula is C17H15NO3. The summed E-state index contributed by atoms with van der Waals surface area (Å²) in [4.78, 5) is 28.2. The number of amides is 1. The average Bonchev–Trinajstić information content (AvgIpc) is 2.83. The fourth-order valence-electron chi connectivity index (χ4n) is 2.75. The van der Waals surface area contributed by atoms with E-state index >= 15 is 0 Å². The molecule has 106 valence electrons. The lowest BCUT2D eigenvalue weighted by Gasteiger charge is -2.21. The predicted octanol–water partition coefficient (Wildman–Crippen LogP) is 3.09. The van der Waals surface area contributed by atoms with Crippen LogP contribution in [0.25, 0.3) is 11.1 Å². The van der Waals surface area contributed by atoms with E-state index < -0.39 is 5.97 Å². The highest BCUT2D eigenvalue weighted by atomic mass is 16.7. The van der Waals surface area contributed by atoms with E-state index in [4.69, 9.17) is 4.84 Å². The van der Waals surface area contributed by atoms with Crippen molar-refractivity contribution in [2.24, 2.45) is 0 Å². The molecule has 2 aromatic carbocycles. The van der Waals surface area contributed by atoms with Crippen LogP contribution in [-0.4, -0.2) is 11.9 Å². The van der Waals surface area contributed by atoms with Crippen LogP contribution in [0.15, 0.2) is 42.5 Å². The van der Waals surface area contributed by atoms with Crippen molar-refractivity contribution < 1.29 is 14.4 Å². The van der Waals surface area contributed by atoms with Gasteiger partial charge in [0.15, 0.2) is 0 Å². The van der Waals surface area contributed by atoms with E-state index in [-0.39, 0.29) is 5.91 Å². The summed E-state index contributed by atoms with van der Waals surface area (Å²) >= 11 is 0. The van der Waals surface area contributed by atoms with Gasteiger partial charge in [0.1, 0.15) is 0 Å². The lowest BCUT2D eigenvalue weighted by Crippen LogP contribution is -2.31. The van der Waals surface area contributed by atoms with Gasteiger partial charge in [0, 0.05) is 19.4 Å². The molecule has 1 amide bonds. The highest BCUT2D eigenvalue weighted by molar-refractivity contribution is 5.98. The molecule has 0 aromatic heterocycles. The van der Waals surface area contributed by atoms with Gasteiger partial charge in [-0.2, -0.15) is 0 Å². The number of anilines is 1. The Morgan fingerprint density at radius 3 is 2.43 bits per heavy atom. The second-order valence-electron chi connectivity index (χ2n) is 5.04. The molecule has 21 heavy (non-hydrogen) atoms. The predicted molar refractivity (Wildman–Crippen MR) is 79.6 cm³/mol. The number of hydroxylamine groups is 1. The minimum atomic E-state index is -0.519. The Balaban J connectivity index is 2.16. The summed E-state index contributed by atoms with van der Waals surface area (Å²) in [6.45, 7) is 2.66. The van der Waals surface area contributed by atoms with Crippen molar-refractivity contribution in [1.82, 2.24) is 0 Å². The monoisotopic (exact) mass is 281 g/mol.